The molecule has 0 N–H and O–H groups in total. The third-order valence-corrected chi connectivity index (χ3v) is 3.12. The molecule has 0 spiro atoms. The predicted molar refractivity (Wildman–Crippen MR) is 70.5 cm³/mol. The number of alkyl halides is 2. The topological polar surface area (TPSA) is 39.3 Å². The third kappa shape index (κ3) is 1.89. The maximum Gasteiger partial charge on any atom is 0.281 e. The fraction of sp³-hybridized carbons (Fsp3) is 0.143. The Bertz CT molecular complexity index is 819. The molecular weight excluding hydrogens is 264 g/mol. The zero-order valence-corrected chi connectivity index (χ0v) is 10.6. The van der Waals surface area contributed by atoms with Gasteiger partial charge in [0.2, 0.25) is 0 Å². The molecule has 20 heavy (non-hydrogen) atoms. The molecule has 2 heterocycles. The molecule has 0 aliphatic heterocycles. The quantitative estimate of drug-likeness (QED) is 0.721. The first kappa shape index (κ1) is 12.5. The van der Waals surface area contributed by atoms with E-state index in [0.29, 0.717) is 5.69 Å². The Morgan fingerprint density at radius 2 is 1.85 bits per heavy atom. The highest BCUT2D eigenvalue weighted by molar-refractivity contribution is 5.47. The summed E-state index contributed by atoms with van der Waals surface area (Å²) in [5.74, 6) is 0. The van der Waals surface area contributed by atoms with Gasteiger partial charge in [-0.2, -0.15) is 5.10 Å². The Labute approximate surface area is 112 Å². The van der Waals surface area contributed by atoms with E-state index in [1.807, 2.05) is 19.1 Å². The Hall–Kier alpha value is -2.50. The summed E-state index contributed by atoms with van der Waals surface area (Å²) < 4.78 is 28.4. The Balaban J connectivity index is 2.33. The zero-order chi connectivity index (χ0) is 14.3. The lowest BCUT2D eigenvalue weighted by Gasteiger charge is -2.10. The maximum absolute atomic E-state index is 13.1. The van der Waals surface area contributed by atoms with Gasteiger partial charge in [0.25, 0.3) is 12.0 Å². The number of halogens is 2. The van der Waals surface area contributed by atoms with Crippen molar-refractivity contribution >= 4 is 5.52 Å². The van der Waals surface area contributed by atoms with Crippen LogP contribution in [0.3, 0.4) is 0 Å². The van der Waals surface area contributed by atoms with Crippen LogP contribution >= 0.6 is 0 Å². The minimum Gasteiger partial charge on any atom is -0.280 e. The smallest absolute Gasteiger partial charge is 0.280 e. The molecular formula is C14H11F2N3O. The van der Waals surface area contributed by atoms with Crippen LogP contribution in [0.5, 0.6) is 0 Å². The second-order valence-corrected chi connectivity index (χ2v) is 4.49. The van der Waals surface area contributed by atoms with Gasteiger partial charge in [-0.15, -0.1) is 0 Å². The normalized spacial score (nSPS) is 11.4. The van der Waals surface area contributed by atoms with E-state index in [1.54, 1.807) is 12.1 Å². The summed E-state index contributed by atoms with van der Waals surface area (Å²) in [7, 11) is 0. The molecule has 3 rings (SSSR count). The van der Waals surface area contributed by atoms with Gasteiger partial charge in [0.05, 0.1) is 6.20 Å². The van der Waals surface area contributed by atoms with Gasteiger partial charge in [0.15, 0.2) is 0 Å². The molecule has 4 nitrogen and oxygen atoms in total. The number of hydrogen-bond acceptors (Lipinski definition) is 2. The highest BCUT2D eigenvalue weighted by atomic mass is 19.3. The van der Waals surface area contributed by atoms with E-state index in [4.69, 9.17) is 0 Å². The van der Waals surface area contributed by atoms with E-state index in [1.165, 1.54) is 16.8 Å². The highest BCUT2D eigenvalue weighted by Crippen LogP contribution is 2.19. The zero-order valence-electron chi connectivity index (χ0n) is 10.6. The van der Waals surface area contributed by atoms with Crippen LogP contribution in [-0.2, 0) is 0 Å². The van der Waals surface area contributed by atoms with Gasteiger partial charge in [-0.1, -0.05) is 17.7 Å². The molecule has 6 heteroatoms. The number of aromatic nitrogens is 3. The summed E-state index contributed by atoms with van der Waals surface area (Å²) in [5, 5.41) is 3.77. The lowest BCUT2D eigenvalue weighted by molar-refractivity contribution is 0.142. The summed E-state index contributed by atoms with van der Waals surface area (Å²) in [6.07, 6.45) is -0.241. The molecule has 0 atom stereocenters. The molecule has 0 aliphatic carbocycles. The molecule has 3 aromatic rings. The number of hydrogen-bond donors (Lipinski definition) is 0. The second-order valence-electron chi connectivity index (χ2n) is 4.49. The van der Waals surface area contributed by atoms with Crippen molar-refractivity contribution in [3.8, 4) is 5.69 Å². The van der Waals surface area contributed by atoms with Gasteiger partial charge in [0, 0.05) is 11.9 Å². The second kappa shape index (κ2) is 4.56. The van der Waals surface area contributed by atoms with Crippen LogP contribution in [0.4, 0.5) is 8.78 Å². The number of rotatable bonds is 2. The number of aryl methyl sites for hydroxylation is 1. The summed E-state index contributed by atoms with van der Waals surface area (Å²) in [6, 6.07) is 8.52. The van der Waals surface area contributed by atoms with E-state index < -0.39 is 6.43 Å². The van der Waals surface area contributed by atoms with Crippen molar-refractivity contribution in [2.24, 2.45) is 0 Å². The fourth-order valence-electron chi connectivity index (χ4n) is 2.09. The number of fused-ring (bicyclic) bond motifs is 1. The van der Waals surface area contributed by atoms with Gasteiger partial charge in [-0.25, -0.2) is 13.3 Å². The van der Waals surface area contributed by atoms with Crippen LogP contribution in [-0.4, -0.2) is 14.2 Å². The van der Waals surface area contributed by atoms with Crippen molar-refractivity contribution in [1.29, 1.82) is 0 Å². The highest BCUT2D eigenvalue weighted by Gasteiger charge is 2.17. The molecule has 102 valence electrons. The summed E-state index contributed by atoms with van der Waals surface area (Å²) >= 11 is 0. The molecule has 0 saturated heterocycles. The summed E-state index contributed by atoms with van der Waals surface area (Å²) in [4.78, 5) is 12.3. The Morgan fingerprint density at radius 1 is 1.15 bits per heavy atom. The predicted octanol–water partition coefficient (Wildman–Crippen LogP) is 2.73. The largest absolute Gasteiger partial charge is 0.281 e. The lowest BCUT2D eigenvalue weighted by Crippen LogP contribution is -2.22. The molecule has 0 fully saturated rings. The van der Waals surface area contributed by atoms with Crippen LogP contribution < -0.4 is 5.56 Å². The summed E-state index contributed by atoms with van der Waals surface area (Å²) in [5.41, 5.74) is 1.01. The average Bonchev–Trinajstić information content (AvgIpc) is 2.90. The van der Waals surface area contributed by atoms with Gasteiger partial charge in [0.1, 0.15) is 11.2 Å². The monoisotopic (exact) mass is 275 g/mol. The third-order valence-electron chi connectivity index (χ3n) is 3.12. The van der Waals surface area contributed by atoms with Crippen molar-refractivity contribution in [3.05, 3.63) is 64.3 Å². The van der Waals surface area contributed by atoms with Crippen molar-refractivity contribution < 1.29 is 8.78 Å². The first-order valence-electron chi connectivity index (χ1n) is 6.02. The first-order chi connectivity index (χ1) is 9.58. The lowest BCUT2D eigenvalue weighted by atomic mass is 10.2. The maximum atomic E-state index is 13.1. The molecule has 0 bridgehead atoms. The van der Waals surface area contributed by atoms with Crippen molar-refractivity contribution in [2.75, 3.05) is 0 Å². The molecule has 0 radical (unpaired) electrons. The minimum atomic E-state index is -2.71. The van der Waals surface area contributed by atoms with E-state index in [2.05, 4.69) is 5.10 Å². The SMILES string of the molecule is Cc1ccc(-n2cc(C(F)F)n3nccc3c2=O)cc1. The number of nitrogens with zero attached hydrogens (tertiary/aromatic N) is 3. The molecule has 0 aliphatic rings. The molecule has 2 aromatic heterocycles. The van der Waals surface area contributed by atoms with Crippen LogP contribution in [0.25, 0.3) is 11.2 Å². The van der Waals surface area contributed by atoms with Crippen molar-refractivity contribution in [3.63, 3.8) is 0 Å². The minimum absolute atomic E-state index is 0.128. The van der Waals surface area contributed by atoms with Gasteiger partial charge >= 0.3 is 0 Å². The fourth-order valence-corrected chi connectivity index (χ4v) is 2.09. The van der Waals surface area contributed by atoms with E-state index in [-0.39, 0.29) is 16.8 Å². The van der Waals surface area contributed by atoms with Gasteiger partial charge in [-0.05, 0) is 25.1 Å². The van der Waals surface area contributed by atoms with E-state index in [9.17, 15) is 13.6 Å². The van der Waals surface area contributed by atoms with Crippen molar-refractivity contribution in [2.45, 2.75) is 13.3 Å². The molecule has 0 unspecified atom stereocenters. The van der Waals surface area contributed by atoms with E-state index >= 15 is 0 Å². The molecule has 1 aromatic carbocycles. The van der Waals surface area contributed by atoms with Gasteiger partial charge in [-0.3, -0.25) is 9.36 Å². The van der Waals surface area contributed by atoms with Crippen LogP contribution in [0.2, 0.25) is 0 Å². The van der Waals surface area contributed by atoms with Crippen LogP contribution in [0.15, 0.2) is 47.5 Å². The number of benzene rings is 1. The first-order valence-corrected chi connectivity index (χ1v) is 6.02. The molecule has 0 saturated carbocycles. The Kier molecular flexibility index (Phi) is 2.85. The summed E-state index contributed by atoms with van der Waals surface area (Å²) in [6.45, 7) is 1.91. The molecule has 0 amide bonds. The Morgan fingerprint density at radius 3 is 2.50 bits per heavy atom. The van der Waals surface area contributed by atoms with Crippen LogP contribution in [0, 0.1) is 6.92 Å². The standard InChI is InChI=1S/C14H11F2N3O/c1-9-2-4-10(5-3-9)18-8-12(13(15)16)19-11(14(18)20)6-7-17-19/h2-8,13H,1H3. The average molecular weight is 275 g/mol. The van der Waals surface area contributed by atoms with Crippen LogP contribution in [0.1, 0.15) is 17.7 Å². The van der Waals surface area contributed by atoms with Crippen molar-refractivity contribution in [1.82, 2.24) is 14.2 Å². The van der Waals surface area contributed by atoms with E-state index in [0.717, 1.165) is 16.3 Å². The van der Waals surface area contributed by atoms with Gasteiger partial charge < -0.3 is 0 Å².